The number of rotatable bonds is 5. The summed E-state index contributed by atoms with van der Waals surface area (Å²) in [6.07, 6.45) is 1.47. The number of carbonyl (C=O) groups excluding carboxylic acids is 1. The van der Waals surface area contributed by atoms with Crippen LogP contribution in [0.3, 0.4) is 0 Å². The van der Waals surface area contributed by atoms with Gasteiger partial charge in [-0.15, -0.1) is 12.4 Å². The SMILES string of the molecule is CNCCCC(=O)N1CC(c2cc(C)ccc2C)OCC1C.Cl. The molecule has 0 spiro atoms. The highest BCUT2D eigenvalue weighted by Crippen LogP contribution is 2.28. The molecule has 1 N–H and O–H groups in total. The Labute approximate surface area is 146 Å². The van der Waals surface area contributed by atoms with Crippen molar-refractivity contribution in [1.29, 1.82) is 0 Å². The van der Waals surface area contributed by atoms with Crippen LogP contribution in [-0.4, -0.2) is 43.6 Å². The number of nitrogens with zero attached hydrogens (tertiary/aromatic N) is 1. The normalized spacial score (nSPS) is 21.0. The Morgan fingerprint density at radius 3 is 2.83 bits per heavy atom. The van der Waals surface area contributed by atoms with E-state index in [1.54, 1.807) is 0 Å². The minimum Gasteiger partial charge on any atom is -0.370 e. The zero-order valence-corrected chi connectivity index (χ0v) is 15.4. The topological polar surface area (TPSA) is 41.6 Å². The summed E-state index contributed by atoms with van der Waals surface area (Å²) in [6.45, 7) is 8.41. The van der Waals surface area contributed by atoms with Gasteiger partial charge in [0.2, 0.25) is 5.91 Å². The lowest BCUT2D eigenvalue weighted by Crippen LogP contribution is -2.48. The Hall–Kier alpha value is -1.10. The molecule has 1 amide bonds. The van der Waals surface area contributed by atoms with E-state index in [0.29, 0.717) is 19.6 Å². The van der Waals surface area contributed by atoms with Gasteiger partial charge in [0.05, 0.1) is 19.2 Å². The molecule has 1 heterocycles. The van der Waals surface area contributed by atoms with E-state index in [0.717, 1.165) is 13.0 Å². The van der Waals surface area contributed by atoms with Crippen LogP contribution in [0.15, 0.2) is 18.2 Å². The van der Waals surface area contributed by atoms with Crippen molar-refractivity contribution in [2.75, 3.05) is 26.7 Å². The van der Waals surface area contributed by atoms with Crippen molar-refractivity contribution >= 4 is 18.3 Å². The fourth-order valence-corrected chi connectivity index (χ4v) is 2.96. The summed E-state index contributed by atoms with van der Waals surface area (Å²) < 4.78 is 6.01. The summed E-state index contributed by atoms with van der Waals surface area (Å²) in [7, 11) is 1.92. The quantitative estimate of drug-likeness (QED) is 0.838. The third kappa shape index (κ3) is 5.20. The molecule has 2 rings (SSSR count). The highest BCUT2D eigenvalue weighted by atomic mass is 35.5. The van der Waals surface area contributed by atoms with E-state index in [1.165, 1.54) is 16.7 Å². The summed E-state index contributed by atoms with van der Waals surface area (Å²) in [4.78, 5) is 14.4. The first-order valence-corrected chi connectivity index (χ1v) is 8.15. The lowest BCUT2D eigenvalue weighted by molar-refractivity contribution is -0.144. The molecule has 1 aromatic rings. The van der Waals surface area contributed by atoms with Crippen LogP contribution in [0.4, 0.5) is 0 Å². The van der Waals surface area contributed by atoms with Crippen LogP contribution in [0.5, 0.6) is 0 Å². The van der Waals surface area contributed by atoms with Crippen molar-refractivity contribution in [2.45, 2.75) is 45.8 Å². The smallest absolute Gasteiger partial charge is 0.223 e. The minimum atomic E-state index is -0.00986. The number of halogens is 1. The predicted molar refractivity (Wildman–Crippen MR) is 96.2 cm³/mol. The maximum atomic E-state index is 12.5. The highest BCUT2D eigenvalue weighted by molar-refractivity contribution is 5.85. The number of hydrogen-bond acceptors (Lipinski definition) is 3. The molecule has 5 heteroatoms. The minimum absolute atomic E-state index is 0. The average Bonchev–Trinajstić information content (AvgIpc) is 2.50. The third-order valence-corrected chi connectivity index (χ3v) is 4.35. The Morgan fingerprint density at radius 1 is 1.39 bits per heavy atom. The van der Waals surface area contributed by atoms with Crippen molar-refractivity contribution in [3.63, 3.8) is 0 Å². The Kier molecular flexibility index (Phi) is 8.03. The summed E-state index contributed by atoms with van der Waals surface area (Å²) >= 11 is 0. The van der Waals surface area contributed by atoms with Gasteiger partial charge in [0.1, 0.15) is 6.10 Å². The van der Waals surface area contributed by atoms with Gasteiger partial charge in [0, 0.05) is 6.42 Å². The van der Waals surface area contributed by atoms with Gasteiger partial charge in [0.25, 0.3) is 0 Å². The first kappa shape index (κ1) is 19.9. The fraction of sp³-hybridized carbons (Fsp3) is 0.611. The van der Waals surface area contributed by atoms with Crippen molar-refractivity contribution in [2.24, 2.45) is 0 Å². The molecular weight excluding hydrogens is 312 g/mol. The number of morpholine rings is 1. The van der Waals surface area contributed by atoms with Gasteiger partial charge in [-0.1, -0.05) is 23.8 Å². The van der Waals surface area contributed by atoms with Crippen molar-refractivity contribution < 1.29 is 9.53 Å². The maximum absolute atomic E-state index is 12.5. The first-order valence-electron chi connectivity index (χ1n) is 8.15. The molecule has 1 aliphatic rings. The Bertz CT molecular complexity index is 522. The predicted octanol–water partition coefficient (Wildman–Crippen LogP) is 3.01. The molecule has 130 valence electrons. The summed E-state index contributed by atoms with van der Waals surface area (Å²) in [5, 5.41) is 3.09. The fourth-order valence-electron chi connectivity index (χ4n) is 2.96. The highest BCUT2D eigenvalue weighted by Gasteiger charge is 2.30. The molecule has 1 aromatic carbocycles. The molecule has 4 nitrogen and oxygen atoms in total. The van der Waals surface area contributed by atoms with Crippen LogP contribution < -0.4 is 5.32 Å². The van der Waals surface area contributed by atoms with Crippen molar-refractivity contribution in [1.82, 2.24) is 10.2 Å². The van der Waals surface area contributed by atoms with Gasteiger partial charge in [-0.25, -0.2) is 0 Å². The molecule has 1 saturated heterocycles. The second-order valence-corrected chi connectivity index (χ2v) is 6.28. The number of benzene rings is 1. The van der Waals surface area contributed by atoms with Gasteiger partial charge >= 0.3 is 0 Å². The molecule has 1 fully saturated rings. The lowest BCUT2D eigenvalue weighted by atomic mass is 9.98. The van der Waals surface area contributed by atoms with E-state index in [9.17, 15) is 4.79 Å². The van der Waals surface area contributed by atoms with Crippen LogP contribution in [0.2, 0.25) is 0 Å². The molecule has 1 aliphatic heterocycles. The van der Waals surface area contributed by atoms with Gasteiger partial charge in [-0.05, 0) is 51.9 Å². The van der Waals surface area contributed by atoms with Crippen LogP contribution in [0.25, 0.3) is 0 Å². The number of carbonyl (C=O) groups is 1. The van der Waals surface area contributed by atoms with Crippen LogP contribution in [-0.2, 0) is 9.53 Å². The largest absolute Gasteiger partial charge is 0.370 e. The molecule has 0 aromatic heterocycles. The zero-order chi connectivity index (χ0) is 16.1. The van der Waals surface area contributed by atoms with Gasteiger partial charge < -0.3 is 15.0 Å². The number of amides is 1. The van der Waals surface area contributed by atoms with Crippen molar-refractivity contribution in [3.05, 3.63) is 34.9 Å². The van der Waals surface area contributed by atoms with E-state index in [-0.39, 0.29) is 30.5 Å². The number of ether oxygens (including phenoxy) is 1. The molecule has 0 bridgehead atoms. The molecule has 23 heavy (non-hydrogen) atoms. The van der Waals surface area contributed by atoms with Crippen LogP contribution >= 0.6 is 12.4 Å². The number of hydrogen-bond donors (Lipinski definition) is 1. The second-order valence-electron chi connectivity index (χ2n) is 6.28. The van der Waals surface area contributed by atoms with E-state index in [1.807, 2.05) is 11.9 Å². The summed E-state index contributed by atoms with van der Waals surface area (Å²) in [6, 6.07) is 6.58. The molecule has 2 atom stereocenters. The van der Waals surface area contributed by atoms with E-state index in [2.05, 4.69) is 44.3 Å². The van der Waals surface area contributed by atoms with Gasteiger partial charge in [-0.2, -0.15) is 0 Å². The monoisotopic (exact) mass is 340 g/mol. The molecular formula is C18H29ClN2O2. The zero-order valence-electron chi connectivity index (χ0n) is 14.6. The molecule has 0 saturated carbocycles. The van der Waals surface area contributed by atoms with Crippen LogP contribution in [0.1, 0.15) is 42.6 Å². The molecule has 0 aliphatic carbocycles. The van der Waals surface area contributed by atoms with Crippen molar-refractivity contribution in [3.8, 4) is 0 Å². The van der Waals surface area contributed by atoms with Crippen LogP contribution in [0, 0.1) is 13.8 Å². The number of nitrogens with one attached hydrogen (secondary N) is 1. The first-order chi connectivity index (χ1) is 10.5. The lowest BCUT2D eigenvalue weighted by Gasteiger charge is -2.39. The standard InChI is InChI=1S/C18H28N2O2.ClH/c1-13-7-8-14(2)16(10-13)17-11-20(15(3)12-22-17)18(21)6-5-9-19-4;/h7-8,10,15,17,19H,5-6,9,11-12H2,1-4H3;1H. The van der Waals surface area contributed by atoms with E-state index >= 15 is 0 Å². The Morgan fingerprint density at radius 2 is 2.13 bits per heavy atom. The summed E-state index contributed by atoms with van der Waals surface area (Å²) in [5.41, 5.74) is 3.67. The van der Waals surface area contributed by atoms with Gasteiger partial charge in [-0.3, -0.25) is 4.79 Å². The maximum Gasteiger partial charge on any atom is 0.223 e. The third-order valence-electron chi connectivity index (χ3n) is 4.35. The van der Waals surface area contributed by atoms with E-state index in [4.69, 9.17) is 4.74 Å². The Balaban J connectivity index is 0.00000264. The molecule has 0 radical (unpaired) electrons. The van der Waals surface area contributed by atoms with Gasteiger partial charge in [0.15, 0.2) is 0 Å². The number of aryl methyl sites for hydroxylation is 2. The second kappa shape index (κ2) is 9.26. The summed E-state index contributed by atoms with van der Waals surface area (Å²) in [5.74, 6) is 0.237. The molecule has 2 unspecified atom stereocenters. The van der Waals surface area contributed by atoms with E-state index < -0.39 is 0 Å². The average molecular weight is 341 g/mol.